The van der Waals surface area contributed by atoms with Crippen LogP contribution in [-0.2, 0) is 4.79 Å². The van der Waals surface area contributed by atoms with Crippen LogP contribution in [0.15, 0.2) is 47.6 Å². The molecular weight excluding hydrogens is 447 g/mol. The summed E-state index contributed by atoms with van der Waals surface area (Å²) in [5.41, 5.74) is 5.31. The Hall–Kier alpha value is -2.28. The van der Waals surface area contributed by atoms with Crippen LogP contribution >= 0.6 is 23.2 Å². The summed E-state index contributed by atoms with van der Waals surface area (Å²) in [7, 11) is 1.64. The molecule has 2 aromatic carbocycles. The first-order valence-electron chi connectivity index (χ1n) is 10.9. The molecule has 32 heavy (non-hydrogen) atoms. The Kier molecular flexibility index (Phi) is 6.93. The first kappa shape index (κ1) is 22.9. The van der Waals surface area contributed by atoms with E-state index >= 15 is 0 Å². The number of carbonyl (C=O) groups is 1. The Bertz CT molecular complexity index is 1000. The molecule has 2 aliphatic heterocycles. The maximum Gasteiger partial charge on any atom is 0.281 e. The van der Waals surface area contributed by atoms with Crippen LogP contribution in [0.1, 0.15) is 51.1 Å². The number of nitrogens with zero attached hydrogens (tertiary/aromatic N) is 3. The van der Waals surface area contributed by atoms with Crippen molar-refractivity contribution in [2.24, 2.45) is 5.10 Å². The molecule has 2 aromatic rings. The van der Waals surface area contributed by atoms with Gasteiger partial charge in [-0.3, -0.25) is 15.2 Å². The smallest absolute Gasteiger partial charge is 0.281 e. The van der Waals surface area contributed by atoms with Gasteiger partial charge in [-0.15, -0.1) is 0 Å². The summed E-state index contributed by atoms with van der Waals surface area (Å²) < 4.78 is 5.29. The summed E-state index contributed by atoms with van der Waals surface area (Å²) in [5.74, 6) is 0.603. The number of anilines is 1. The summed E-state index contributed by atoms with van der Waals surface area (Å²) in [5, 5.41) is 9.64. The summed E-state index contributed by atoms with van der Waals surface area (Å²) in [4.78, 5) is 13.2. The molecule has 8 heteroatoms. The number of hydrogen-bond acceptors (Lipinski definition) is 5. The minimum absolute atomic E-state index is 0.170. The molecule has 0 saturated carbocycles. The highest BCUT2D eigenvalue weighted by atomic mass is 35.5. The standard InChI is InChI=1S/C24H28Cl2N4O2/c1-15-5-4-6-16(2)29(15)28-24(31)21-14-23(17-7-10-19(32-3)11-8-17)30(27-21)22-12-9-18(25)13-20(22)26/h7-13,15-16,23H,4-6,14H2,1-3H3,(H,28,31)/t15-,16?,23?/m1/s1. The quantitative estimate of drug-likeness (QED) is 0.612. The van der Waals surface area contributed by atoms with Crippen molar-refractivity contribution in [3.8, 4) is 5.75 Å². The second-order valence-corrected chi connectivity index (χ2v) is 9.30. The predicted octanol–water partition coefficient (Wildman–Crippen LogP) is 5.60. The van der Waals surface area contributed by atoms with Crippen LogP contribution < -0.4 is 15.2 Å². The fourth-order valence-corrected chi connectivity index (χ4v) is 4.94. The number of hydrogen-bond donors (Lipinski definition) is 1. The van der Waals surface area contributed by atoms with Gasteiger partial charge in [0, 0.05) is 23.5 Å². The van der Waals surface area contributed by atoms with Crippen LogP contribution in [0.25, 0.3) is 0 Å². The van der Waals surface area contributed by atoms with Gasteiger partial charge in [0.05, 0.1) is 23.9 Å². The van der Waals surface area contributed by atoms with Gasteiger partial charge in [-0.05, 0) is 62.6 Å². The molecule has 1 amide bonds. The molecule has 0 radical (unpaired) electrons. The van der Waals surface area contributed by atoms with Gasteiger partial charge in [0.1, 0.15) is 11.5 Å². The molecule has 0 aliphatic carbocycles. The summed E-state index contributed by atoms with van der Waals surface area (Å²) >= 11 is 12.6. The topological polar surface area (TPSA) is 57.2 Å². The van der Waals surface area contributed by atoms with Gasteiger partial charge in [0.25, 0.3) is 5.91 Å². The Balaban J connectivity index is 1.63. The Morgan fingerprint density at radius 2 is 1.78 bits per heavy atom. The lowest BCUT2D eigenvalue weighted by molar-refractivity contribution is -0.122. The second kappa shape index (κ2) is 9.69. The van der Waals surface area contributed by atoms with Crippen LogP contribution in [0.3, 0.4) is 0 Å². The Labute approximate surface area is 199 Å². The molecule has 6 nitrogen and oxygen atoms in total. The number of ether oxygens (including phenoxy) is 1. The molecule has 2 unspecified atom stereocenters. The molecule has 0 aromatic heterocycles. The van der Waals surface area contributed by atoms with Gasteiger partial charge in [-0.1, -0.05) is 41.8 Å². The van der Waals surface area contributed by atoms with Crippen molar-refractivity contribution in [3.63, 3.8) is 0 Å². The molecule has 2 aliphatic rings. The Morgan fingerprint density at radius 1 is 1.09 bits per heavy atom. The zero-order valence-corrected chi connectivity index (χ0v) is 20.0. The predicted molar refractivity (Wildman–Crippen MR) is 129 cm³/mol. The molecule has 0 bridgehead atoms. The second-order valence-electron chi connectivity index (χ2n) is 8.46. The molecular formula is C24H28Cl2N4O2. The lowest BCUT2D eigenvalue weighted by atomic mass is 9.99. The number of methoxy groups -OCH3 is 1. The minimum atomic E-state index is -0.170. The highest BCUT2D eigenvalue weighted by Gasteiger charge is 2.35. The molecule has 4 rings (SSSR count). The molecule has 1 fully saturated rings. The van der Waals surface area contributed by atoms with Gasteiger partial charge in [-0.25, -0.2) is 5.01 Å². The van der Waals surface area contributed by atoms with Crippen molar-refractivity contribution >= 4 is 40.5 Å². The third-order valence-electron chi connectivity index (χ3n) is 6.25. The van der Waals surface area contributed by atoms with Crippen molar-refractivity contribution < 1.29 is 9.53 Å². The monoisotopic (exact) mass is 474 g/mol. The first-order chi connectivity index (χ1) is 15.4. The van der Waals surface area contributed by atoms with Crippen molar-refractivity contribution in [1.29, 1.82) is 0 Å². The zero-order chi connectivity index (χ0) is 22.8. The zero-order valence-electron chi connectivity index (χ0n) is 18.5. The first-order valence-corrected chi connectivity index (χ1v) is 11.7. The van der Waals surface area contributed by atoms with E-state index in [0.29, 0.717) is 39.9 Å². The maximum absolute atomic E-state index is 13.2. The van der Waals surface area contributed by atoms with Gasteiger partial charge in [0.2, 0.25) is 0 Å². The number of benzene rings is 2. The third-order valence-corrected chi connectivity index (χ3v) is 6.79. The lowest BCUT2D eigenvalue weighted by Gasteiger charge is -2.38. The van der Waals surface area contributed by atoms with Crippen molar-refractivity contribution in [2.45, 2.75) is 57.7 Å². The van der Waals surface area contributed by atoms with E-state index in [4.69, 9.17) is 33.0 Å². The highest BCUT2D eigenvalue weighted by Crippen LogP contribution is 2.40. The minimum Gasteiger partial charge on any atom is -0.497 e. The van der Waals surface area contributed by atoms with E-state index in [1.807, 2.05) is 35.3 Å². The third kappa shape index (κ3) is 4.72. The number of nitrogens with one attached hydrogen (secondary N) is 1. The SMILES string of the molecule is COc1ccc(C2CC(C(=O)NN3C(C)CCC[C@H]3C)=NN2c2ccc(Cl)cc2Cl)cc1. The summed E-state index contributed by atoms with van der Waals surface area (Å²) in [6, 6.07) is 13.5. The van der Waals surface area contributed by atoms with E-state index in [1.165, 1.54) is 6.42 Å². The molecule has 2 heterocycles. The molecule has 0 spiro atoms. The van der Waals surface area contributed by atoms with Gasteiger partial charge < -0.3 is 4.74 Å². The maximum atomic E-state index is 13.2. The largest absolute Gasteiger partial charge is 0.497 e. The van der Waals surface area contributed by atoms with Gasteiger partial charge in [0.15, 0.2) is 0 Å². The average Bonchev–Trinajstić information content (AvgIpc) is 3.21. The number of carbonyl (C=O) groups excluding carboxylic acids is 1. The fourth-order valence-electron chi connectivity index (χ4n) is 4.45. The number of amides is 1. The summed E-state index contributed by atoms with van der Waals surface area (Å²) in [6.07, 6.45) is 3.78. The van der Waals surface area contributed by atoms with Crippen LogP contribution in [0, 0.1) is 0 Å². The fraction of sp³-hybridized carbons (Fsp3) is 0.417. The number of piperidine rings is 1. The van der Waals surface area contributed by atoms with E-state index in [-0.39, 0.29) is 11.9 Å². The van der Waals surface area contributed by atoms with E-state index in [2.05, 4.69) is 24.3 Å². The molecule has 170 valence electrons. The van der Waals surface area contributed by atoms with Crippen molar-refractivity contribution in [2.75, 3.05) is 12.1 Å². The van der Waals surface area contributed by atoms with E-state index in [9.17, 15) is 4.79 Å². The van der Waals surface area contributed by atoms with Crippen molar-refractivity contribution in [1.82, 2.24) is 10.4 Å². The summed E-state index contributed by atoms with van der Waals surface area (Å²) in [6.45, 7) is 4.29. The van der Waals surface area contributed by atoms with Crippen molar-refractivity contribution in [3.05, 3.63) is 58.1 Å². The van der Waals surface area contributed by atoms with Crippen LogP contribution in [0.2, 0.25) is 10.0 Å². The van der Waals surface area contributed by atoms with Crippen LogP contribution in [0.5, 0.6) is 5.75 Å². The van der Waals surface area contributed by atoms with Crippen LogP contribution in [0.4, 0.5) is 5.69 Å². The average molecular weight is 475 g/mol. The van der Waals surface area contributed by atoms with Gasteiger partial charge in [-0.2, -0.15) is 5.10 Å². The number of hydrazine groups is 1. The molecule has 3 atom stereocenters. The van der Waals surface area contributed by atoms with Gasteiger partial charge >= 0.3 is 0 Å². The van der Waals surface area contributed by atoms with E-state index < -0.39 is 0 Å². The number of rotatable bonds is 5. The highest BCUT2D eigenvalue weighted by molar-refractivity contribution is 6.40. The van der Waals surface area contributed by atoms with E-state index in [1.54, 1.807) is 19.2 Å². The Morgan fingerprint density at radius 3 is 2.41 bits per heavy atom. The number of halogens is 2. The van der Waals surface area contributed by atoms with Crippen LogP contribution in [-0.4, -0.2) is 35.8 Å². The lowest BCUT2D eigenvalue weighted by Crippen LogP contribution is -2.55. The van der Waals surface area contributed by atoms with E-state index in [0.717, 1.165) is 24.2 Å². The molecule has 1 saturated heterocycles. The molecule has 1 N–H and O–H groups in total. The number of hydrazone groups is 1. The normalized spacial score (nSPS) is 23.7.